The first kappa shape index (κ1) is 14.4. The second kappa shape index (κ2) is 6.03. The summed E-state index contributed by atoms with van der Waals surface area (Å²) in [6.45, 7) is 0.822. The van der Waals surface area contributed by atoms with E-state index in [0.29, 0.717) is 12.0 Å². The van der Waals surface area contributed by atoms with E-state index in [4.69, 9.17) is 4.74 Å². The van der Waals surface area contributed by atoms with E-state index in [1.165, 1.54) is 16.9 Å². The van der Waals surface area contributed by atoms with Crippen LogP contribution in [-0.4, -0.2) is 32.2 Å². The molecule has 1 aromatic carbocycles. The Bertz CT molecular complexity index is 597. The first-order valence-electron chi connectivity index (χ1n) is 7.18. The summed E-state index contributed by atoms with van der Waals surface area (Å²) >= 11 is 1.69. The van der Waals surface area contributed by atoms with Gasteiger partial charge in [-0.3, -0.25) is 0 Å². The highest BCUT2D eigenvalue weighted by atomic mass is 32.1. The molecule has 2 aromatic rings. The Morgan fingerprint density at radius 2 is 2.10 bits per heavy atom. The van der Waals surface area contributed by atoms with Crippen LogP contribution >= 0.6 is 11.3 Å². The van der Waals surface area contributed by atoms with Crippen molar-refractivity contribution in [3.8, 4) is 5.88 Å². The van der Waals surface area contributed by atoms with Crippen LogP contribution in [0.1, 0.15) is 22.8 Å². The largest absolute Gasteiger partial charge is 0.480 e. The maximum absolute atomic E-state index is 5.37. The van der Waals surface area contributed by atoms with Gasteiger partial charge < -0.3 is 15.0 Å². The van der Waals surface area contributed by atoms with Gasteiger partial charge in [-0.25, -0.2) is 0 Å². The lowest BCUT2D eigenvalue weighted by molar-refractivity contribution is 0.394. The zero-order chi connectivity index (χ0) is 14.8. The SMILES string of the molecule is COc1nc(N(C)C)sc1CNC1CC1c1ccccc1. The molecule has 4 nitrogen and oxygen atoms in total. The number of nitrogens with one attached hydrogen (secondary N) is 1. The van der Waals surface area contributed by atoms with E-state index in [1.807, 2.05) is 19.0 Å². The number of anilines is 1. The van der Waals surface area contributed by atoms with Crippen molar-refractivity contribution in [1.82, 2.24) is 10.3 Å². The highest BCUT2D eigenvalue weighted by molar-refractivity contribution is 7.15. The van der Waals surface area contributed by atoms with Crippen molar-refractivity contribution in [1.29, 1.82) is 0 Å². The quantitative estimate of drug-likeness (QED) is 0.890. The molecule has 5 heteroatoms. The summed E-state index contributed by atoms with van der Waals surface area (Å²) in [4.78, 5) is 7.67. The summed E-state index contributed by atoms with van der Waals surface area (Å²) in [5.74, 6) is 1.39. The number of nitrogens with zero attached hydrogens (tertiary/aromatic N) is 2. The Balaban J connectivity index is 1.59. The molecule has 0 bridgehead atoms. The molecule has 2 unspecified atom stereocenters. The van der Waals surface area contributed by atoms with Crippen molar-refractivity contribution in [2.45, 2.75) is 24.9 Å². The van der Waals surface area contributed by atoms with Gasteiger partial charge >= 0.3 is 0 Å². The van der Waals surface area contributed by atoms with Gasteiger partial charge in [-0.05, 0) is 12.0 Å². The molecule has 1 fully saturated rings. The summed E-state index contributed by atoms with van der Waals surface area (Å²) in [6.07, 6.45) is 1.21. The van der Waals surface area contributed by atoms with Crippen LogP contribution in [0.3, 0.4) is 0 Å². The molecule has 0 spiro atoms. The molecule has 0 amide bonds. The van der Waals surface area contributed by atoms with Crippen molar-refractivity contribution >= 4 is 16.5 Å². The molecule has 2 atom stereocenters. The van der Waals surface area contributed by atoms with E-state index < -0.39 is 0 Å². The molecular formula is C16H21N3OS. The lowest BCUT2D eigenvalue weighted by atomic mass is 10.1. The van der Waals surface area contributed by atoms with E-state index >= 15 is 0 Å². The van der Waals surface area contributed by atoms with Crippen molar-refractivity contribution in [3.05, 3.63) is 40.8 Å². The third-order valence-electron chi connectivity index (χ3n) is 3.77. The monoisotopic (exact) mass is 303 g/mol. The molecule has 1 N–H and O–H groups in total. The molecule has 1 aromatic heterocycles. The van der Waals surface area contributed by atoms with Crippen LogP contribution in [0.4, 0.5) is 5.13 Å². The zero-order valence-corrected chi connectivity index (χ0v) is 13.5. The smallest absolute Gasteiger partial charge is 0.230 e. The Hall–Kier alpha value is -1.59. The number of hydrogen-bond acceptors (Lipinski definition) is 5. The number of ether oxygens (including phenoxy) is 1. The normalized spacial score (nSPS) is 20.3. The fraction of sp³-hybridized carbons (Fsp3) is 0.438. The molecular weight excluding hydrogens is 282 g/mol. The molecule has 0 saturated heterocycles. The van der Waals surface area contributed by atoms with Crippen molar-refractivity contribution in [2.75, 3.05) is 26.1 Å². The predicted molar refractivity (Wildman–Crippen MR) is 87.4 cm³/mol. The fourth-order valence-corrected chi connectivity index (χ4v) is 3.40. The van der Waals surface area contributed by atoms with Crippen molar-refractivity contribution in [3.63, 3.8) is 0 Å². The van der Waals surface area contributed by atoms with Crippen molar-refractivity contribution in [2.24, 2.45) is 0 Å². The number of hydrogen-bond donors (Lipinski definition) is 1. The molecule has 21 heavy (non-hydrogen) atoms. The summed E-state index contributed by atoms with van der Waals surface area (Å²) in [5, 5.41) is 4.61. The van der Waals surface area contributed by atoms with Gasteiger partial charge in [-0.15, -0.1) is 0 Å². The minimum Gasteiger partial charge on any atom is -0.480 e. The molecule has 3 rings (SSSR count). The molecule has 1 aliphatic rings. The van der Waals surface area contributed by atoms with Gasteiger partial charge in [0.15, 0.2) is 5.13 Å². The molecule has 1 aliphatic carbocycles. The minimum absolute atomic E-state index is 0.571. The average molecular weight is 303 g/mol. The minimum atomic E-state index is 0.571. The number of benzene rings is 1. The van der Waals surface area contributed by atoms with Crippen LogP contribution in [0.15, 0.2) is 30.3 Å². The molecule has 112 valence electrons. The zero-order valence-electron chi connectivity index (χ0n) is 12.7. The maximum atomic E-state index is 5.37. The molecule has 0 aliphatic heterocycles. The van der Waals surface area contributed by atoms with Crippen LogP contribution in [0, 0.1) is 0 Å². The predicted octanol–water partition coefficient (Wildman–Crippen LogP) is 2.86. The summed E-state index contributed by atoms with van der Waals surface area (Å²) < 4.78 is 5.37. The summed E-state index contributed by atoms with van der Waals surface area (Å²) in [7, 11) is 5.69. The second-order valence-electron chi connectivity index (χ2n) is 5.56. The first-order chi connectivity index (χ1) is 10.2. The molecule has 1 saturated carbocycles. The van der Waals surface area contributed by atoms with Gasteiger partial charge in [-0.1, -0.05) is 41.7 Å². The topological polar surface area (TPSA) is 37.4 Å². The third-order valence-corrected chi connectivity index (χ3v) is 4.97. The first-order valence-corrected chi connectivity index (χ1v) is 8.00. The Kier molecular flexibility index (Phi) is 4.12. The Morgan fingerprint density at radius 3 is 2.76 bits per heavy atom. The standard InChI is InChI=1S/C16H21N3OS/c1-19(2)16-18-15(20-3)14(21-16)10-17-13-9-12(13)11-7-5-4-6-8-11/h4-8,12-13,17H,9-10H2,1-3H3. The van der Waals surface area contributed by atoms with Gasteiger partial charge in [0.05, 0.1) is 12.0 Å². The van der Waals surface area contributed by atoms with Crippen LogP contribution in [0.5, 0.6) is 5.88 Å². The number of thiazole rings is 1. The Morgan fingerprint density at radius 1 is 1.33 bits per heavy atom. The molecule has 0 radical (unpaired) electrons. The summed E-state index contributed by atoms with van der Waals surface area (Å²) in [5.41, 5.74) is 1.43. The second-order valence-corrected chi connectivity index (χ2v) is 6.63. The number of methoxy groups -OCH3 is 1. The van der Waals surface area contributed by atoms with Crippen LogP contribution in [0.25, 0.3) is 0 Å². The Labute approximate surface area is 129 Å². The van der Waals surface area contributed by atoms with Crippen LogP contribution < -0.4 is 15.0 Å². The highest BCUT2D eigenvalue weighted by Gasteiger charge is 2.37. The van der Waals surface area contributed by atoms with Gasteiger partial charge in [0, 0.05) is 32.6 Å². The van der Waals surface area contributed by atoms with Crippen molar-refractivity contribution < 1.29 is 4.74 Å². The third kappa shape index (κ3) is 3.19. The van der Waals surface area contributed by atoms with Crippen LogP contribution in [-0.2, 0) is 6.54 Å². The van der Waals surface area contributed by atoms with E-state index in [1.54, 1.807) is 18.4 Å². The summed E-state index contributed by atoms with van der Waals surface area (Å²) in [6, 6.07) is 11.3. The number of aromatic nitrogens is 1. The van der Waals surface area contributed by atoms with Gasteiger partial charge in [0.1, 0.15) is 0 Å². The average Bonchev–Trinajstić information content (AvgIpc) is 3.16. The lowest BCUT2D eigenvalue weighted by Crippen LogP contribution is -2.16. The van der Waals surface area contributed by atoms with Crippen LogP contribution in [0.2, 0.25) is 0 Å². The number of rotatable bonds is 6. The highest BCUT2D eigenvalue weighted by Crippen LogP contribution is 2.41. The fourth-order valence-electron chi connectivity index (χ4n) is 2.50. The van der Waals surface area contributed by atoms with Gasteiger partial charge in [0.25, 0.3) is 0 Å². The van der Waals surface area contributed by atoms with E-state index in [2.05, 4.69) is 40.6 Å². The van der Waals surface area contributed by atoms with Gasteiger partial charge in [-0.2, -0.15) is 4.98 Å². The maximum Gasteiger partial charge on any atom is 0.230 e. The van der Waals surface area contributed by atoms with E-state index in [9.17, 15) is 0 Å². The molecule has 1 heterocycles. The van der Waals surface area contributed by atoms with E-state index in [-0.39, 0.29) is 0 Å². The van der Waals surface area contributed by atoms with Gasteiger partial charge in [0.2, 0.25) is 5.88 Å². The lowest BCUT2D eigenvalue weighted by Gasteiger charge is -2.05. The van der Waals surface area contributed by atoms with E-state index in [0.717, 1.165) is 17.6 Å².